The first-order valence-electron chi connectivity index (χ1n) is 6.88. The third kappa shape index (κ3) is 2.40. The summed E-state index contributed by atoms with van der Waals surface area (Å²) in [4.78, 5) is 16.9. The first-order valence-corrected chi connectivity index (χ1v) is 6.88. The van der Waals surface area contributed by atoms with Gasteiger partial charge in [-0.25, -0.2) is 4.99 Å². The molecule has 0 bridgehead atoms. The number of carbonyl (C=O) groups excluding carboxylic acids is 1. The van der Waals surface area contributed by atoms with E-state index in [4.69, 9.17) is 5.73 Å². The maximum Gasteiger partial charge on any atom is 0.259 e. The van der Waals surface area contributed by atoms with Gasteiger partial charge < -0.3 is 5.73 Å². The molecule has 0 aliphatic carbocycles. The van der Waals surface area contributed by atoms with Crippen molar-refractivity contribution in [2.24, 2.45) is 10.7 Å². The van der Waals surface area contributed by atoms with Gasteiger partial charge in [0.15, 0.2) is 11.5 Å². The Kier molecular flexibility index (Phi) is 3.22. The molecule has 1 atom stereocenters. The van der Waals surface area contributed by atoms with Gasteiger partial charge in [-0.1, -0.05) is 60.2 Å². The van der Waals surface area contributed by atoms with Crippen LogP contribution in [0.15, 0.2) is 59.6 Å². The number of nitrogens with two attached hydrogens (primary N) is 1. The minimum Gasteiger partial charge on any atom is -0.370 e. The van der Waals surface area contributed by atoms with Crippen LogP contribution in [0.4, 0.5) is 0 Å². The van der Waals surface area contributed by atoms with Crippen molar-refractivity contribution >= 4 is 11.9 Å². The Labute approximate surface area is 123 Å². The molecule has 0 fully saturated rings. The smallest absolute Gasteiger partial charge is 0.259 e. The lowest BCUT2D eigenvalue weighted by atomic mass is 9.84. The standard InChI is InChI=1S/C17H17N3O/c1-12-7-9-13(10-8-12)11-17(14-5-3-2-4-6-14)15(21)19-16(18)20-17/h2-10H,11H2,1H3,(H3,18,19,20,21). The van der Waals surface area contributed by atoms with E-state index in [1.165, 1.54) is 5.56 Å². The van der Waals surface area contributed by atoms with Crippen molar-refractivity contribution in [3.8, 4) is 0 Å². The number of aliphatic imine (C=N–C) groups is 1. The topological polar surface area (TPSA) is 67.5 Å². The Morgan fingerprint density at radius 1 is 1.10 bits per heavy atom. The van der Waals surface area contributed by atoms with Crippen LogP contribution in [0, 0.1) is 6.92 Å². The summed E-state index contributed by atoms with van der Waals surface area (Å²) in [5.74, 6) is 0.00254. The van der Waals surface area contributed by atoms with E-state index in [0.29, 0.717) is 6.42 Å². The Balaban J connectivity index is 2.06. The second-order valence-corrected chi connectivity index (χ2v) is 5.34. The molecule has 106 valence electrons. The molecule has 0 radical (unpaired) electrons. The van der Waals surface area contributed by atoms with E-state index >= 15 is 0 Å². The minimum atomic E-state index is -0.972. The van der Waals surface area contributed by atoms with E-state index < -0.39 is 5.54 Å². The lowest BCUT2D eigenvalue weighted by Crippen LogP contribution is -2.40. The fourth-order valence-electron chi connectivity index (χ4n) is 2.64. The van der Waals surface area contributed by atoms with Crippen molar-refractivity contribution in [2.45, 2.75) is 18.9 Å². The second-order valence-electron chi connectivity index (χ2n) is 5.34. The Hall–Kier alpha value is -2.62. The highest BCUT2D eigenvalue weighted by molar-refractivity contribution is 6.07. The van der Waals surface area contributed by atoms with Gasteiger partial charge >= 0.3 is 0 Å². The predicted molar refractivity (Wildman–Crippen MR) is 82.8 cm³/mol. The molecule has 0 aromatic heterocycles. The maximum atomic E-state index is 12.5. The van der Waals surface area contributed by atoms with Crippen LogP contribution in [0.3, 0.4) is 0 Å². The average molecular weight is 279 g/mol. The molecule has 4 heteroatoms. The lowest BCUT2D eigenvalue weighted by Gasteiger charge is -2.24. The molecule has 0 saturated heterocycles. The van der Waals surface area contributed by atoms with Crippen molar-refractivity contribution in [1.82, 2.24) is 5.32 Å². The number of hydrogen-bond acceptors (Lipinski definition) is 3. The van der Waals surface area contributed by atoms with Crippen LogP contribution in [0.5, 0.6) is 0 Å². The molecular formula is C17H17N3O. The zero-order valence-corrected chi connectivity index (χ0v) is 11.8. The predicted octanol–water partition coefficient (Wildman–Crippen LogP) is 1.88. The number of nitrogens with zero attached hydrogens (tertiary/aromatic N) is 1. The Morgan fingerprint density at radius 2 is 1.76 bits per heavy atom. The molecule has 2 aromatic carbocycles. The Bertz CT molecular complexity index is 692. The first-order chi connectivity index (χ1) is 10.1. The highest BCUT2D eigenvalue weighted by Gasteiger charge is 2.44. The van der Waals surface area contributed by atoms with Gasteiger partial charge in [-0.3, -0.25) is 10.1 Å². The number of aryl methyl sites for hydroxylation is 1. The number of rotatable bonds is 3. The maximum absolute atomic E-state index is 12.5. The summed E-state index contributed by atoms with van der Waals surface area (Å²) >= 11 is 0. The van der Waals surface area contributed by atoms with Crippen LogP contribution < -0.4 is 11.1 Å². The van der Waals surface area contributed by atoms with Crippen LogP contribution in [0.25, 0.3) is 0 Å². The van der Waals surface area contributed by atoms with Crippen molar-refractivity contribution < 1.29 is 4.79 Å². The SMILES string of the molecule is Cc1ccc(CC2(c3ccccc3)N=C(N)NC2=O)cc1. The van der Waals surface area contributed by atoms with E-state index in [1.54, 1.807) is 0 Å². The van der Waals surface area contributed by atoms with Gasteiger partial charge in [-0.2, -0.15) is 0 Å². The molecule has 1 aliphatic heterocycles. The molecular weight excluding hydrogens is 262 g/mol. The highest BCUT2D eigenvalue weighted by Crippen LogP contribution is 2.33. The van der Waals surface area contributed by atoms with Gasteiger partial charge in [0.25, 0.3) is 5.91 Å². The summed E-state index contributed by atoms with van der Waals surface area (Å²) in [5, 5.41) is 2.63. The summed E-state index contributed by atoms with van der Waals surface area (Å²) in [6.07, 6.45) is 0.490. The highest BCUT2D eigenvalue weighted by atomic mass is 16.2. The van der Waals surface area contributed by atoms with Gasteiger partial charge in [-0.15, -0.1) is 0 Å². The number of nitrogens with one attached hydrogen (secondary N) is 1. The fourth-order valence-corrected chi connectivity index (χ4v) is 2.64. The summed E-state index contributed by atoms with van der Waals surface area (Å²) in [5.41, 5.74) is 7.85. The van der Waals surface area contributed by atoms with E-state index in [9.17, 15) is 4.79 Å². The summed E-state index contributed by atoms with van der Waals surface area (Å²) in [6, 6.07) is 17.7. The minimum absolute atomic E-state index is 0.174. The molecule has 1 unspecified atom stereocenters. The third-order valence-electron chi connectivity index (χ3n) is 3.76. The average Bonchev–Trinajstić information content (AvgIpc) is 2.77. The van der Waals surface area contributed by atoms with Crippen molar-refractivity contribution in [2.75, 3.05) is 0 Å². The van der Waals surface area contributed by atoms with Crippen LogP contribution in [0.1, 0.15) is 16.7 Å². The molecule has 1 heterocycles. The van der Waals surface area contributed by atoms with E-state index in [-0.39, 0.29) is 11.9 Å². The van der Waals surface area contributed by atoms with Gasteiger partial charge in [0.2, 0.25) is 0 Å². The quantitative estimate of drug-likeness (QED) is 0.900. The molecule has 0 spiro atoms. The zero-order chi connectivity index (χ0) is 14.9. The molecule has 21 heavy (non-hydrogen) atoms. The summed E-state index contributed by atoms with van der Waals surface area (Å²) in [6.45, 7) is 2.04. The third-order valence-corrected chi connectivity index (χ3v) is 3.76. The van der Waals surface area contributed by atoms with Gasteiger partial charge in [-0.05, 0) is 18.1 Å². The molecule has 2 aromatic rings. The monoisotopic (exact) mass is 279 g/mol. The number of guanidine groups is 1. The van der Waals surface area contributed by atoms with E-state index in [0.717, 1.165) is 11.1 Å². The molecule has 3 rings (SSSR count). The van der Waals surface area contributed by atoms with Crippen molar-refractivity contribution in [3.63, 3.8) is 0 Å². The molecule has 1 amide bonds. The van der Waals surface area contributed by atoms with Crippen LogP contribution in [-0.2, 0) is 16.8 Å². The van der Waals surface area contributed by atoms with Crippen LogP contribution >= 0.6 is 0 Å². The summed E-state index contributed by atoms with van der Waals surface area (Å²) < 4.78 is 0. The lowest BCUT2D eigenvalue weighted by molar-refractivity contribution is -0.124. The number of amides is 1. The van der Waals surface area contributed by atoms with Gasteiger partial charge in [0.05, 0.1) is 0 Å². The number of carbonyl (C=O) groups is 1. The van der Waals surface area contributed by atoms with E-state index in [2.05, 4.69) is 10.3 Å². The van der Waals surface area contributed by atoms with Crippen LogP contribution in [-0.4, -0.2) is 11.9 Å². The molecule has 4 nitrogen and oxygen atoms in total. The fraction of sp³-hybridized carbons (Fsp3) is 0.176. The summed E-state index contributed by atoms with van der Waals surface area (Å²) in [7, 11) is 0. The van der Waals surface area contributed by atoms with Crippen molar-refractivity contribution in [3.05, 3.63) is 71.3 Å². The van der Waals surface area contributed by atoms with Crippen LogP contribution in [0.2, 0.25) is 0 Å². The molecule has 3 N–H and O–H groups in total. The van der Waals surface area contributed by atoms with E-state index in [1.807, 2.05) is 61.5 Å². The van der Waals surface area contributed by atoms with Crippen molar-refractivity contribution in [1.29, 1.82) is 0 Å². The second kappa shape index (κ2) is 5.05. The number of hydrogen-bond donors (Lipinski definition) is 2. The Morgan fingerprint density at radius 3 is 2.33 bits per heavy atom. The largest absolute Gasteiger partial charge is 0.370 e. The molecule has 0 saturated carbocycles. The molecule has 1 aliphatic rings. The number of benzene rings is 2. The van der Waals surface area contributed by atoms with Gasteiger partial charge in [0.1, 0.15) is 0 Å². The zero-order valence-electron chi connectivity index (χ0n) is 11.8. The van der Waals surface area contributed by atoms with Gasteiger partial charge in [0, 0.05) is 6.42 Å². The normalized spacial score (nSPS) is 21.0. The first kappa shape index (κ1) is 13.4.